The molecule has 2 heterocycles. The fourth-order valence-electron chi connectivity index (χ4n) is 4.24. The van der Waals surface area contributed by atoms with Crippen molar-refractivity contribution in [2.45, 2.75) is 39.2 Å². The molecule has 4 rings (SSSR count). The zero-order valence-electron chi connectivity index (χ0n) is 21.7. The van der Waals surface area contributed by atoms with E-state index in [1.807, 2.05) is 49.1 Å². The van der Waals surface area contributed by atoms with Gasteiger partial charge in [-0.1, -0.05) is 6.07 Å². The molecular formula is C28H33N3O5S. The van der Waals surface area contributed by atoms with Gasteiger partial charge in [-0.25, -0.2) is 4.98 Å². The molecule has 3 aromatic rings. The maximum Gasteiger partial charge on any atom is 0.271 e. The maximum absolute atomic E-state index is 12.7. The second-order valence-corrected chi connectivity index (χ2v) is 10.1. The Bertz CT molecular complexity index is 1230. The number of benzene rings is 2. The average molecular weight is 524 g/mol. The molecule has 0 radical (unpaired) electrons. The first-order valence-corrected chi connectivity index (χ1v) is 13.2. The predicted octanol–water partition coefficient (Wildman–Crippen LogP) is 4.49. The van der Waals surface area contributed by atoms with Crippen molar-refractivity contribution in [2.24, 2.45) is 0 Å². The van der Waals surface area contributed by atoms with Gasteiger partial charge >= 0.3 is 0 Å². The maximum atomic E-state index is 12.7. The highest BCUT2D eigenvalue weighted by molar-refractivity contribution is 7.09. The lowest BCUT2D eigenvalue weighted by Gasteiger charge is -2.31. The van der Waals surface area contributed by atoms with Gasteiger partial charge in [-0.05, 0) is 67.6 Å². The number of nitrogens with one attached hydrogen (secondary N) is 1. The van der Waals surface area contributed by atoms with Crippen molar-refractivity contribution in [1.29, 1.82) is 0 Å². The van der Waals surface area contributed by atoms with E-state index < -0.39 is 0 Å². The number of aryl methyl sites for hydroxylation is 2. The van der Waals surface area contributed by atoms with Gasteiger partial charge in [0.1, 0.15) is 22.9 Å². The van der Waals surface area contributed by atoms with Crippen LogP contribution in [0.4, 0.5) is 0 Å². The largest absolute Gasteiger partial charge is 0.497 e. The molecule has 196 valence electrons. The van der Waals surface area contributed by atoms with Crippen LogP contribution in [0.25, 0.3) is 0 Å². The van der Waals surface area contributed by atoms with Gasteiger partial charge < -0.3 is 24.4 Å². The third-order valence-corrected chi connectivity index (χ3v) is 7.66. The minimum Gasteiger partial charge on any atom is -0.497 e. The molecule has 1 aromatic heterocycles. The topological polar surface area (TPSA) is 90.0 Å². The number of likely N-dealkylation sites (tertiary alicyclic amines) is 1. The Balaban J connectivity index is 1.25. The average Bonchev–Trinajstić information content (AvgIpc) is 3.42. The van der Waals surface area contributed by atoms with Crippen LogP contribution in [0.15, 0.2) is 41.8 Å². The van der Waals surface area contributed by atoms with Crippen LogP contribution in [0.5, 0.6) is 17.2 Å². The zero-order valence-corrected chi connectivity index (χ0v) is 22.5. The molecule has 0 spiro atoms. The number of methoxy groups -OCH3 is 2. The number of thiazole rings is 1. The van der Waals surface area contributed by atoms with Gasteiger partial charge in [-0.15, -0.1) is 11.3 Å². The Labute approximate surface area is 221 Å². The summed E-state index contributed by atoms with van der Waals surface area (Å²) in [4.78, 5) is 31.8. The normalized spacial score (nSPS) is 13.8. The van der Waals surface area contributed by atoms with Crippen molar-refractivity contribution in [1.82, 2.24) is 15.2 Å². The molecule has 2 aromatic carbocycles. The molecule has 37 heavy (non-hydrogen) atoms. The highest BCUT2D eigenvalue weighted by Crippen LogP contribution is 2.30. The summed E-state index contributed by atoms with van der Waals surface area (Å²) in [6.45, 7) is 5.75. The van der Waals surface area contributed by atoms with Crippen molar-refractivity contribution in [3.63, 3.8) is 0 Å². The molecular weight excluding hydrogens is 490 g/mol. The van der Waals surface area contributed by atoms with Gasteiger partial charge in [0.15, 0.2) is 6.61 Å². The molecule has 1 N–H and O–H groups in total. The fraction of sp³-hybridized carbons (Fsp3) is 0.393. The second-order valence-electron chi connectivity index (χ2n) is 9.16. The number of piperidine rings is 1. The van der Waals surface area contributed by atoms with Gasteiger partial charge in [-0.3, -0.25) is 9.59 Å². The van der Waals surface area contributed by atoms with E-state index in [1.165, 1.54) is 16.9 Å². The summed E-state index contributed by atoms with van der Waals surface area (Å²) in [5.41, 5.74) is 3.62. The Hall–Kier alpha value is -3.59. The van der Waals surface area contributed by atoms with Crippen molar-refractivity contribution < 1.29 is 23.8 Å². The van der Waals surface area contributed by atoms with Crippen molar-refractivity contribution in [2.75, 3.05) is 33.9 Å². The molecule has 2 amide bonds. The van der Waals surface area contributed by atoms with E-state index in [9.17, 15) is 9.59 Å². The minimum absolute atomic E-state index is 0.00921. The SMILES string of the molecule is COc1cc(CNC(=O)c2csc(C3CCN(C(=O)COc4ccc(C)c(C)c4)CC3)n2)cc(OC)c1. The predicted molar refractivity (Wildman–Crippen MR) is 143 cm³/mol. The van der Waals surface area contributed by atoms with E-state index in [4.69, 9.17) is 14.2 Å². The summed E-state index contributed by atoms with van der Waals surface area (Å²) in [6, 6.07) is 11.4. The van der Waals surface area contributed by atoms with Crippen molar-refractivity contribution in [3.8, 4) is 17.2 Å². The Morgan fingerprint density at radius 1 is 1.00 bits per heavy atom. The summed E-state index contributed by atoms with van der Waals surface area (Å²) >= 11 is 1.50. The summed E-state index contributed by atoms with van der Waals surface area (Å²) in [7, 11) is 3.18. The Kier molecular flexibility index (Phi) is 8.66. The molecule has 0 bridgehead atoms. The third kappa shape index (κ3) is 6.80. The van der Waals surface area contributed by atoms with Crippen LogP contribution in [0.3, 0.4) is 0 Å². The number of hydrogen-bond acceptors (Lipinski definition) is 7. The van der Waals surface area contributed by atoms with E-state index in [-0.39, 0.29) is 24.3 Å². The summed E-state index contributed by atoms with van der Waals surface area (Å²) < 4.78 is 16.3. The number of ether oxygens (including phenoxy) is 3. The first-order chi connectivity index (χ1) is 17.9. The minimum atomic E-state index is -0.222. The second kappa shape index (κ2) is 12.1. The molecule has 1 saturated heterocycles. The number of rotatable bonds is 9. The van der Waals surface area contributed by atoms with Crippen LogP contribution in [-0.4, -0.2) is 55.6 Å². The van der Waals surface area contributed by atoms with E-state index in [2.05, 4.69) is 10.3 Å². The lowest BCUT2D eigenvalue weighted by atomic mass is 9.97. The zero-order chi connectivity index (χ0) is 26.4. The number of carbonyl (C=O) groups excluding carboxylic acids is 2. The molecule has 1 aliphatic rings. The number of hydrogen-bond donors (Lipinski definition) is 1. The monoisotopic (exact) mass is 523 g/mol. The Morgan fingerprint density at radius 3 is 2.35 bits per heavy atom. The van der Waals surface area contributed by atoms with Crippen LogP contribution in [0.1, 0.15) is 50.9 Å². The quantitative estimate of drug-likeness (QED) is 0.445. The molecule has 1 aliphatic heterocycles. The van der Waals surface area contributed by atoms with E-state index in [1.54, 1.807) is 25.7 Å². The third-order valence-electron chi connectivity index (χ3n) is 6.66. The lowest BCUT2D eigenvalue weighted by Crippen LogP contribution is -2.40. The van der Waals surface area contributed by atoms with Gasteiger partial charge in [0.2, 0.25) is 0 Å². The van der Waals surface area contributed by atoms with Gasteiger partial charge in [0, 0.05) is 37.0 Å². The molecule has 8 nitrogen and oxygen atoms in total. The van der Waals surface area contributed by atoms with Crippen LogP contribution >= 0.6 is 11.3 Å². The van der Waals surface area contributed by atoms with Crippen LogP contribution in [0.2, 0.25) is 0 Å². The number of nitrogens with zero attached hydrogens (tertiary/aromatic N) is 2. The number of amides is 2. The van der Waals surface area contributed by atoms with Gasteiger partial charge in [0.05, 0.1) is 19.2 Å². The molecule has 0 saturated carbocycles. The van der Waals surface area contributed by atoms with E-state index >= 15 is 0 Å². The highest BCUT2D eigenvalue weighted by Gasteiger charge is 2.26. The smallest absolute Gasteiger partial charge is 0.271 e. The standard InChI is InChI=1S/C28H33N3O5S/c1-18-5-6-22(11-19(18)2)36-16-26(32)31-9-7-21(8-10-31)28-30-25(17-37-28)27(33)29-15-20-12-23(34-3)14-24(13-20)35-4/h5-6,11-14,17,21H,7-10,15-16H2,1-4H3,(H,29,33). The molecule has 0 aliphatic carbocycles. The first-order valence-electron chi connectivity index (χ1n) is 12.3. The van der Waals surface area contributed by atoms with Crippen LogP contribution in [0, 0.1) is 13.8 Å². The van der Waals surface area contributed by atoms with Crippen molar-refractivity contribution in [3.05, 3.63) is 69.2 Å². The van der Waals surface area contributed by atoms with E-state index in [0.29, 0.717) is 42.6 Å². The first kappa shape index (κ1) is 26.5. The summed E-state index contributed by atoms with van der Waals surface area (Å²) in [5, 5.41) is 5.65. The van der Waals surface area contributed by atoms with Crippen LogP contribution in [-0.2, 0) is 11.3 Å². The van der Waals surface area contributed by atoms with Crippen molar-refractivity contribution >= 4 is 23.2 Å². The number of carbonyl (C=O) groups is 2. The molecule has 0 atom stereocenters. The summed E-state index contributed by atoms with van der Waals surface area (Å²) in [6.07, 6.45) is 1.63. The van der Waals surface area contributed by atoms with Crippen LogP contribution < -0.4 is 19.5 Å². The number of aromatic nitrogens is 1. The lowest BCUT2D eigenvalue weighted by molar-refractivity contribution is -0.134. The molecule has 0 unspecified atom stereocenters. The fourth-order valence-corrected chi connectivity index (χ4v) is 5.21. The van der Waals surface area contributed by atoms with Gasteiger partial charge in [0.25, 0.3) is 11.8 Å². The molecule has 1 fully saturated rings. The highest BCUT2D eigenvalue weighted by atomic mass is 32.1. The van der Waals surface area contributed by atoms with Gasteiger partial charge in [-0.2, -0.15) is 0 Å². The van der Waals surface area contributed by atoms with E-state index in [0.717, 1.165) is 29.0 Å². The summed E-state index contributed by atoms with van der Waals surface area (Å²) in [5.74, 6) is 2.05. The molecule has 9 heteroatoms. The Morgan fingerprint density at radius 2 is 1.70 bits per heavy atom.